The Labute approximate surface area is 227 Å². The van der Waals surface area contributed by atoms with Crippen molar-refractivity contribution in [1.82, 2.24) is 0 Å². The van der Waals surface area contributed by atoms with Gasteiger partial charge in [-0.1, -0.05) is 61.4 Å². The summed E-state index contributed by atoms with van der Waals surface area (Å²) >= 11 is 6.31. The Balaban J connectivity index is 1.78. The molecule has 0 saturated heterocycles. The lowest BCUT2D eigenvalue weighted by atomic mass is 9.95. The van der Waals surface area contributed by atoms with E-state index in [-0.39, 0.29) is 12.1 Å². The molecule has 9 heteroatoms. The summed E-state index contributed by atoms with van der Waals surface area (Å²) < 4.78 is 34.2. The van der Waals surface area contributed by atoms with Gasteiger partial charge < -0.3 is 10.1 Å². The Hall–Kier alpha value is -3.88. The predicted molar refractivity (Wildman–Crippen MR) is 151 cm³/mol. The van der Waals surface area contributed by atoms with Gasteiger partial charge in [0.05, 0.1) is 24.4 Å². The fourth-order valence-corrected chi connectivity index (χ4v) is 6.01. The van der Waals surface area contributed by atoms with E-state index in [0.717, 1.165) is 17.1 Å². The first-order valence-corrected chi connectivity index (χ1v) is 13.9. The van der Waals surface area contributed by atoms with E-state index in [1.807, 2.05) is 6.92 Å². The van der Waals surface area contributed by atoms with E-state index in [4.69, 9.17) is 16.3 Å². The molecule has 3 aromatic carbocycles. The van der Waals surface area contributed by atoms with Crippen molar-refractivity contribution in [2.45, 2.75) is 19.8 Å². The molecule has 0 radical (unpaired) electrons. The molecule has 1 amide bonds. The number of ether oxygens (including phenoxy) is 1. The maximum atomic E-state index is 13.9. The van der Waals surface area contributed by atoms with E-state index in [1.165, 1.54) is 30.3 Å². The standard InChI is InChI=1S/C29H27ClN2O5S/c1-3-5-18-37-29(34)21-11-14-23(15-12-21)31-28(33)27-26(20-9-7-6-8-10-20)24-19-22(30)13-16-25(24)32(17-4-2)38(27,35)36/h4,6-16,19H,2-3,5,17-18H2,1H3,(H,31,33). The van der Waals surface area contributed by atoms with Crippen molar-refractivity contribution in [2.24, 2.45) is 0 Å². The van der Waals surface area contributed by atoms with Crippen LogP contribution < -0.4 is 9.62 Å². The van der Waals surface area contributed by atoms with Crippen molar-refractivity contribution < 1.29 is 22.7 Å². The van der Waals surface area contributed by atoms with Gasteiger partial charge in [0.25, 0.3) is 15.9 Å². The molecule has 196 valence electrons. The normalized spacial score (nSPS) is 14.0. The molecule has 38 heavy (non-hydrogen) atoms. The van der Waals surface area contributed by atoms with Crippen molar-refractivity contribution in [3.8, 4) is 0 Å². The summed E-state index contributed by atoms with van der Waals surface area (Å²) in [5, 5.41) is 3.08. The number of rotatable bonds is 9. The van der Waals surface area contributed by atoms with Gasteiger partial charge in [-0.15, -0.1) is 6.58 Å². The van der Waals surface area contributed by atoms with Gasteiger partial charge in [-0.25, -0.2) is 13.2 Å². The third-order valence-electron chi connectivity index (χ3n) is 5.94. The number of carbonyl (C=O) groups excluding carboxylic acids is 2. The second-order valence-corrected chi connectivity index (χ2v) is 10.8. The molecule has 0 fully saturated rings. The van der Waals surface area contributed by atoms with Gasteiger partial charge in [-0.05, 0) is 54.4 Å². The summed E-state index contributed by atoms with van der Waals surface area (Å²) in [5.41, 5.74) is 2.35. The average molecular weight is 551 g/mol. The van der Waals surface area contributed by atoms with Crippen molar-refractivity contribution in [3.63, 3.8) is 0 Å². The van der Waals surface area contributed by atoms with Crippen LogP contribution in [-0.4, -0.2) is 33.4 Å². The van der Waals surface area contributed by atoms with Crippen LogP contribution in [0, 0.1) is 0 Å². The second kappa shape index (κ2) is 11.7. The lowest BCUT2D eigenvalue weighted by Crippen LogP contribution is -2.39. The highest BCUT2D eigenvalue weighted by Gasteiger charge is 2.41. The van der Waals surface area contributed by atoms with Crippen LogP contribution >= 0.6 is 11.6 Å². The molecule has 7 nitrogen and oxygen atoms in total. The van der Waals surface area contributed by atoms with Gasteiger partial charge in [0.1, 0.15) is 0 Å². The van der Waals surface area contributed by atoms with E-state index >= 15 is 0 Å². The number of nitrogens with one attached hydrogen (secondary N) is 1. The molecule has 3 aromatic rings. The number of anilines is 2. The van der Waals surface area contributed by atoms with Crippen LogP contribution in [-0.2, 0) is 19.6 Å². The molecular formula is C29H27ClN2O5S. The first-order valence-electron chi connectivity index (χ1n) is 12.1. The van der Waals surface area contributed by atoms with Crippen LogP contribution in [0.4, 0.5) is 11.4 Å². The van der Waals surface area contributed by atoms with Crippen LogP contribution in [0.25, 0.3) is 5.57 Å². The number of benzene rings is 3. The molecule has 0 unspecified atom stereocenters. The van der Waals surface area contributed by atoms with Crippen LogP contribution in [0.2, 0.25) is 5.02 Å². The van der Waals surface area contributed by atoms with E-state index in [9.17, 15) is 18.0 Å². The van der Waals surface area contributed by atoms with E-state index in [0.29, 0.717) is 39.7 Å². The minimum Gasteiger partial charge on any atom is -0.462 e. The molecule has 0 aromatic heterocycles. The molecule has 0 saturated carbocycles. The number of esters is 1. The highest BCUT2D eigenvalue weighted by atomic mass is 35.5. The van der Waals surface area contributed by atoms with Crippen molar-refractivity contribution in [1.29, 1.82) is 0 Å². The Morgan fingerprint density at radius 1 is 1.05 bits per heavy atom. The van der Waals surface area contributed by atoms with Gasteiger partial charge in [0.2, 0.25) is 0 Å². The number of hydrogen-bond donors (Lipinski definition) is 1. The maximum Gasteiger partial charge on any atom is 0.338 e. The zero-order valence-electron chi connectivity index (χ0n) is 20.8. The number of halogens is 1. The lowest BCUT2D eigenvalue weighted by Gasteiger charge is -2.33. The number of carbonyl (C=O) groups is 2. The van der Waals surface area contributed by atoms with E-state index < -0.39 is 26.8 Å². The zero-order valence-corrected chi connectivity index (χ0v) is 22.4. The number of nitrogens with zero attached hydrogens (tertiary/aromatic N) is 1. The molecular weight excluding hydrogens is 524 g/mol. The Morgan fingerprint density at radius 3 is 2.42 bits per heavy atom. The quantitative estimate of drug-likeness (QED) is 0.199. The van der Waals surface area contributed by atoms with E-state index in [2.05, 4.69) is 11.9 Å². The SMILES string of the molecule is C=CCN1c2ccc(Cl)cc2C(c2ccccc2)=C(C(=O)Nc2ccc(C(=O)OCCCC)cc2)S1(=O)=O. The number of amides is 1. The summed E-state index contributed by atoms with van der Waals surface area (Å²) in [4.78, 5) is 25.5. The highest BCUT2D eigenvalue weighted by Crippen LogP contribution is 2.44. The minimum atomic E-state index is -4.29. The Morgan fingerprint density at radius 2 is 1.76 bits per heavy atom. The van der Waals surface area contributed by atoms with Crippen molar-refractivity contribution in [3.05, 3.63) is 112 Å². The zero-order chi connectivity index (χ0) is 27.3. The fraction of sp³-hybridized carbons (Fsp3) is 0.172. The summed E-state index contributed by atoms with van der Waals surface area (Å²) in [6, 6.07) is 19.8. The van der Waals surface area contributed by atoms with Crippen LogP contribution in [0.1, 0.15) is 41.3 Å². The number of sulfonamides is 1. The summed E-state index contributed by atoms with van der Waals surface area (Å²) in [6.45, 7) is 5.98. The Kier molecular flexibility index (Phi) is 8.34. The van der Waals surface area contributed by atoms with Crippen LogP contribution in [0.3, 0.4) is 0 Å². The van der Waals surface area contributed by atoms with Gasteiger partial charge in [-0.2, -0.15) is 0 Å². The summed E-state index contributed by atoms with van der Waals surface area (Å²) in [5.74, 6) is -1.28. The molecule has 0 atom stereocenters. The Bertz CT molecular complexity index is 1500. The largest absolute Gasteiger partial charge is 0.462 e. The van der Waals surface area contributed by atoms with Gasteiger partial charge in [0.15, 0.2) is 4.91 Å². The number of hydrogen-bond acceptors (Lipinski definition) is 5. The molecule has 1 heterocycles. The van der Waals surface area contributed by atoms with Crippen molar-refractivity contribution >= 4 is 50.4 Å². The summed E-state index contributed by atoms with van der Waals surface area (Å²) in [6.07, 6.45) is 3.13. The third kappa shape index (κ3) is 5.51. The molecule has 1 N–H and O–H groups in total. The van der Waals surface area contributed by atoms with Gasteiger partial charge in [0, 0.05) is 21.8 Å². The molecule has 0 bridgehead atoms. The fourth-order valence-electron chi connectivity index (χ4n) is 4.12. The smallest absolute Gasteiger partial charge is 0.338 e. The van der Waals surface area contributed by atoms with Gasteiger partial charge >= 0.3 is 5.97 Å². The first kappa shape index (κ1) is 27.2. The summed E-state index contributed by atoms with van der Waals surface area (Å²) in [7, 11) is -4.29. The van der Waals surface area contributed by atoms with Crippen molar-refractivity contribution in [2.75, 3.05) is 22.8 Å². The number of fused-ring (bicyclic) bond motifs is 1. The van der Waals surface area contributed by atoms with Crippen LogP contribution in [0.15, 0.2) is 90.4 Å². The topological polar surface area (TPSA) is 92.8 Å². The number of unbranched alkanes of at least 4 members (excludes halogenated alkanes) is 1. The average Bonchev–Trinajstić information content (AvgIpc) is 2.90. The first-order chi connectivity index (χ1) is 18.3. The third-order valence-corrected chi connectivity index (χ3v) is 8.01. The molecule has 0 aliphatic carbocycles. The molecule has 1 aliphatic heterocycles. The molecule has 0 spiro atoms. The maximum absolute atomic E-state index is 13.9. The van der Waals surface area contributed by atoms with Gasteiger partial charge in [-0.3, -0.25) is 9.10 Å². The minimum absolute atomic E-state index is 0.0370. The second-order valence-electron chi connectivity index (χ2n) is 8.58. The highest BCUT2D eigenvalue weighted by molar-refractivity contribution is 7.97. The monoisotopic (exact) mass is 550 g/mol. The predicted octanol–water partition coefficient (Wildman–Crippen LogP) is 6.03. The lowest BCUT2D eigenvalue weighted by molar-refractivity contribution is -0.112. The van der Waals surface area contributed by atoms with Crippen LogP contribution in [0.5, 0.6) is 0 Å². The van der Waals surface area contributed by atoms with E-state index in [1.54, 1.807) is 48.5 Å². The molecule has 1 aliphatic rings. The molecule has 4 rings (SSSR count).